The average Bonchev–Trinajstić information content (AvgIpc) is 2.78. The lowest BCUT2D eigenvalue weighted by molar-refractivity contribution is -0.211. The summed E-state index contributed by atoms with van der Waals surface area (Å²) in [5.41, 5.74) is -0.286. The summed E-state index contributed by atoms with van der Waals surface area (Å²) in [7, 11) is 0.183. The van der Waals surface area contributed by atoms with Crippen LogP contribution in [0.25, 0.3) is 0 Å². The summed E-state index contributed by atoms with van der Waals surface area (Å²) in [6.45, 7) is 4.83. The predicted molar refractivity (Wildman–Crippen MR) is 127 cm³/mol. The van der Waals surface area contributed by atoms with Crippen molar-refractivity contribution in [2.45, 2.75) is 116 Å². The van der Waals surface area contributed by atoms with Gasteiger partial charge in [-0.05, 0) is 6.42 Å². The van der Waals surface area contributed by atoms with E-state index in [0.717, 1.165) is 13.0 Å². The Morgan fingerprint density at radius 2 is 1.07 bits per heavy atom. The summed E-state index contributed by atoms with van der Waals surface area (Å²) in [6.07, 6.45) is 21.9. The first-order valence-corrected chi connectivity index (χ1v) is 14.1. The van der Waals surface area contributed by atoms with Crippen LogP contribution in [0.15, 0.2) is 0 Å². The highest BCUT2D eigenvalue weighted by molar-refractivity contribution is 7.26. The van der Waals surface area contributed by atoms with Crippen molar-refractivity contribution in [3.8, 4) is 0 Å². The standard InChI is InChI=1S/C23H46O5P2/c1-2-3-4-5-6-7-8-9-10-11-12-13-14-15-16-17-18-24-22-23(21-27-30-28-22)19-25-29-26-20-23/h22,29-30H,2-21H2,1H3. The van der Waals surface area contributed by atoms with Crippen LogP contribution in [0.1, 0.15) is 110 Å². The van der Waals surface area contributed by atoms with Crippen LogP contribution < -0.4 is 0 Å². The molecule has 2 aliphatic rings. The Hall–Kier alpha value is 0.660. The second kappa shape index (κ2) is 18.1. The highest BCUT2D eigenvalue weighted by atomic mass is 31.1. The molecule has 30 heavy (non-hydrogen) atoms. The molecule has 2 rings (SSSR count). The zero-order valence-corrected chi connectivity index (χ0v) is 21.3. The second-order valence-corrected chi connectivity index (χ2v) is 10.5. The van der Waals surface area contributed by atoms with Gasteiger partial charge in [0.05, 0.1) is 25.2 Å². The second-order valence-electron chi connectivity index (χ2n) is 9.02. The molecule has 2 fully saturated rings. The number of ether oxygens (including phenoxy) is 1. The summed E-state index contributed by atoms with van der Waals surface area (Å²) >= 11 is 0. The molecular weight excluding hydrogens is 418 g/mol. The maximum atomic E-state index is 6.04. The van der Waals surface area contributed by atoms with E-state index in [2.05, 4.69) is 6.92 Å². The first-order valence-electron chi connectivity index (χ1n) is 12.5. The van der Waals surface area contributed by atoms with Gasteiger partial charge in [-0.15, -0.1) is 0 Å². The van der Waals surface area contributed by atoms with Crippen molar-refractivity contribution >= 4 is 18.1 Å². The Labute approximate surface area is 189 Å². The largest absolute Gasteiger partial charge is 0.351 e. The topological polar surface area (TPSA) is 46.2 Å². The van der Waals surface area contributed by atoms with Crippen LogP contribution in [-0.4, -0.2) is 32.7 Å². The van der Waals surface area contributed by atoms with Crippen LogP contribution in [-0.2, 0) is 22.8 Å². The smallest absolute Gasteiger partial charge is 0.176 e. The van der Waals surface area contributed by atoms with Gasteiger partial charge in [0.1, 0.15) is 0 Å². The molecule has 2 heterocycles. The zero-order chi connectivity index (χ0) is 21.2. The lowest BCUT2D eigenvalue weighted by atomic mass is 9.90. The number of rotatable bonds is 18. The third-order valence-corrected chi connectivity index (χ3v) is 7.27. The van der Waals surface area contributed by atoms with Crippen LogP contribution in [0.5, 0.6) is 0 Å². The summed E-state index contributed by atoms with van der Waals surface area (Å²) in [5, 5.41) is 0. The van der Waals surface area contributed by atoms with Crippen molar-refractivity contribution in [1.29, 1.82) is 0 Å². The monoisotopic (exact) mass is 464 g/mol. The molecule has 5 nitrogen and oxygen atoms in total. The van der Waals surface area contributed by atoms with Crippen molar-refractivity contribution < 1.29 is 22.8 Å². The summed E-state index contributed by atoms with van der Waals surface area (Å²) < 4.78 is 28.3. The third-order valence-electron chi connectivity index (χ3n) is 6.18. The van der Waals surface area contributed by atoms with Gasteiger partial charge in [0.2, 0.25) is 0 Å². The van der Waals surface area contributed by atoms with Crippen LogP contribution in [0, 0.1) is 5.41 Å². The van der Waals surface area contributed by atoms with Gasteiger partial charge in [0.15, 0.2) is 24.4 Å². The van der Waals surface area contributed by atoms with Crippen LogP contribution in [0.2, 0.25) is 0 Å². The van der Waals surface area contributed by atoms with Gasteiger partial charge in [-0.25, -0.2) is 0 Å². The minimum atomic E-state index is -0.286. The molecule has 0 aromatic rings. The molecular formula is C23H46O5P2. The molecule has 0 aromatic heterocycles. The summed E-state index contributed by atoms with van der Waals surface area (Å²) in [4.78, 5) is 0. The van der Waals surface area contributed by atoms with E-state index >= 15 is 0 Å². The van der Waals surface area contributed by atoms with Crippen LogP contribution in [0.4, 0.5) is 0 Å². The molecule has 2 saturated heterocycles. The fraction of sp³-hybridized carbons (Fsp3) is 1.00. The number of hydrogen-bond donors (Lipinski definition) is 0. The molecule has 2 unspecified atom stereocenters. The fourth-order valence-corrected chi connectivity index (χ4v) is 5.74. The summed E-state index contributed by atoms with van der Waals surface area (Å²) in [5.74, 6) is 0. The van der Waals surface area contributed by atoms with Crippen LogP contribution in [0.3, 0.4) is 0 Å². The van der Waals surface area contributed by atoms with Gasteiger partial charge in [0.25, 0.3) is 0 Å². The zero-order valence-electron chi connectivity index (χ0n) is 19.3. The third kappa shape index (κ3) is 11.5. The minimum absolute atomic E-state index is 0.0570. The maximum Gasteiger partial charge on any atom is 0.176 e. The SMILES string of the molecule is CCCCCCCCCCCCCCCCCCOC1OPOCC12COPOC2. The Balaban J connectivity index is 1.33. The fourth-order valence-electron chi connectivity index (χ4n) is 4.14. The van der Waals surface area contributed by atoms with Gasteiger partial charge in [0, 0.05) is 6.61 Å². The Kier molecular flexibility index (Phi) is 16.3. The Morgan fingerprint density at radius 3 is 1.57 bits per heavy atom. The van der Waals surface area contributed by atoms with Gasteiger partial charge in [-0.2, -0.15) is 0 Å². The van der Waals surface area contributed by atoms with E-state index in [1.807, 2.05) is 0 Å². The summed E-state index contributed by atoms with van der Waals surface area (Å²) in [6, 6.07) is 0. The van der Waals surface area contributed by atoms with E-state index in [4.69, 9.17) is 22.8 Å². The molecule has 2 aliphatic heterocycles. The van der Waals surface area contributed by atoms with Crippen molar-refractivity contribution in [1.82, 2.24) is 0 Å². The molecule has 0 N–H and O–H groups in total. The maximum absolute atomic E-state index is 6.04. The molecule has 1 spiro atoms. The van der Waals surface area contributed by atoms with Crippen molar-refractivity contribution in [3.05, 3.63) is 0 Å². The van der Waals surface area contributed by atoms with E-state index < -0.39 is 0 Å². The van der Waals surface area contributed by atoms with E-state index in [0.29, 0.717) is 19.8 Å². The van der Waals surface area contributed by atoms with Crippen molar-refractivity contribution in [2.75, 3.05) is 26.4 Å². The highest BCUT2D eigenvalue weighted by Gasteiger charge is 2.46. The Morgan fingerprint density at radius 1 is 0.633 bits per heavy atom. The van der Waals surface area contributed by atoms with E-state index in [1.165, 1.54) is 96.3 Å². The van der Waals surface area contributed by atoms with E-state index in [-0.39, 0.29) is 29.8 Å². The van der Waals surface area contributed by atoms with Crippen LogP contribution >= 0.6 is 18.1 Å². The average molecular weight is 465 g/mol. The molecule has 0 aromatic carbocycles. The quantitative estimate of drug-likeness (QED) is 0.154. The van der Waals surface area contributed by atoms with Gasteiger partial charge in [-0.3, -0.25) is 0 Å². The predicted octanol–water partition coefficient (Wildman–Crippen LogP) is 7.69. The molecule has 178 valence electrons. The van der Waals surface area contributed by atoms with Gasteiger partial charge >= 0.3 is 0 Å². The van der Waals surface area contributed by atoms with Crippen molar-refractivity contribution in [2.24, 2.45) is 5.41 Å². The number of hydrogen-bond acceptors (Lipinski definition) is 5. The van der Waals surface area contributed by atoms with Gasteiger partial charge in [-0.1, -0.05) is 103 Å². The minimum Gasteiger partial charge on any atom is -0.351 e. The highest BCUT2D eigenvalue weighted by Crippen LogP contribution is 2.43. The molecule has 0 bridgehead atoms. The molecule has 0 aliphatic carbocycles. The van der Waals surface area contributed by atoms with E-state index in [1.54, 1.807) is 0 Å². The molecule has 2 atom stereocenters. The molecule has 0 amide bonds. The molecule has 0 saturated carbocycles. The van der Waals surface area contributed by atoms with Gasteiger partial charge < -0.3 is 22.8 Å². The molecule has 7 heteroatoms. The first kappa shape index (κ1) is 26.9. The normalized spacial score (nSPS) is 26.1. The lowest BCUT2D eigenvalue weighted by Gasteiger charge is -2.43. The van der Waals surface area contributed by atoms with Crippen molar-refractivity contribution in [3.63, 3.8) is 0 Å². The lowest BCUT2D eigenvalue weighted by Crippen LogP contribution is -2.51. The first-order chi connectivity index (χ1) is 14.9. The van der Waals surface area contributed by atoms with E-state index in [9.17, 15) is 0 Å². The Bertz CT molecular complexity index is 386. The number of unbranched alkanes of at least 4 members (excludes halogenated alkanes) is 15. The molecule has 0 radical (unpaired) electrons.